The quantitative estimate of drug-likeness (QED) is 0.423. The number of benzene rings is 1. The molecule has 0 saturated heterocycles. The number of imidazole rings is 1. The van der Waals surface area contributed by atoms with Crippen LogP contribution in [0.1, 0.15) is 19.4 Å². The van der Waals surface area contributed by atoms with E-state index in [-0.39, 0.29) is 24.2 Å². The monoisotopic (exact) mass is 560 g/mol. The summed E-state index contributed by atoms with van der Waals surface area (Å²) in [5.41, 5.74) is 8.16. The lowest BCUT2D eigenvalue weighted by atomic mass is 10.2. The Hall–Kier alpha value is -1.64. The van der Waals surface area contributed by atoms with E-state index in [0.717, 1.165) is 20.6 Å². The number of nitrogens with one attached hydrogen (secondary N) is 1. The summed E-state index contributed by atoms with van der Waals surface area (Å²) in [4.78, 5) is 13.9. The van der Waals surface area contributed by atoms with Gasteiger partial charge in [0, 0.05) is 27.5 Å². The maximum Gasteiger partial charge on any atom is 0.213 e. The molecular formula is C18H21IN6O3S2. The highest BCUT2D eigenvalue weighted by Crippen LogP contribution is 2.38. The molecule has 0 spiro atoms. The van der Waals surface area contributed by atoms with Gasteiger partial charge in [-0.2, -0.15) is 0 Å². The third kappa shape index (κ3) is 4.50. The van der Waals surface area contributed by atoms with Crippen molar-refractivity contribution < 1.29 is 13.2 Å². The van der Waals surface area contributed by atoms with E-state index < -0.39 is 10.0 Å². The maximum atomic E-state index is 12.4. The first-order valence-electron chi connectivity index (χ1n) is 9.33. The first kappa shape index (κ1) is 21.6. The Labute approximate surface area is 192 Å². The fraction of sp³-hybridized carbons (Fsp3) is 0.389. The van der Waals surface area contributed by atoms with Crippen LogP contribution in [-0.4, -0.2) is 46.3 Å². The third-order valence-electron chi connectivity index (χ3n) is 4.47. The van der Waals surface area contributed by atoms with E-state index in [9.17, 15) is 8.42 Å². The molecule has 0 bridgehead atoms. The van der Waals surface area contributed by atoms with Crippen LogP contribution in [0, 0.1) is 3.57 Å². The molecule has 9 nitrogen and oxygen atoms in total. The van der Waals surface area contributed by atoms with Crippen LogP contribution < -0.4 is 15.2 Å². The minimum atomic E-state index is -3.45. The molecule has 12 heteroatoms. The number of nitrogens with zero attached hydrogens (tertiary/aromatic N) is 4. The average Bonchev–Trinajstić information content (AvgIpc) is 3.24. The van der Waals surface area contributed by atoms with Crippen LogP contribution in [0.4, 0.5) is 5.82 Å². The number of nitrogens with two attached hydrogens (primary N) is 1. The number of anilines is 1. The van der Waals surface area contributed by atoms with Crippen LogP contribution >= 0.6 is 34.4 Å². The van der Waals surface area contributed by atoms with Gasteiger partial charge in [-0.15, -0.1) is 0 Å². The molecule has 0 saturated carbocycles. The van der Waals surface area contributed by atoms with Crippen molar-refractivity contribution in [3.05, 3.63) is 27.6 Å². The molecule has 0 unspecified atom stereocenters. The average molecular weight is 560 g/mol. The van der Waals surface area contributed by atoms with Crippen molar-refractivity contribution >= 4 is 61.4 Å². The molecule has 0 fully saturated rings. The van der Waals surface area contributed by atoms with Gasteiger partial charge in [0.25, 0.3) is 0 Å². The standard InChI is InChI=1S/C18H21IN6O3S2/c1-10(2)24-30(26,27)6-4-25-17-15(16(20)21-9-22-17)23-18(25)29-14-8-13-11(3-5-28-13)7-12(14)19/h7-10,24H,3-6H2,1-2H3,(H2,20,21,22). The van der Waals surface area contributed by atoms with Crippen LogP contribution in [0.25, 0.3) is 11.2 Å². The number of sulfonamides is 1. The van der Waals surface area contributed by atoms with E-state index in [0.29, 0.717) is 22.9 Å². The summed E-state index contributed by atoms with van der Waals surface area (Å²) in [5, 5.41) is 0.604. The molecule has 0 aliphatic carbocycles. The molecule has 1 aliphatic rings. The van der Waals surface area contributed by atoms with E-state index in [1.54, 1.807) is 18.4 Å². The fourth-order valence-corrected chi connectivity index (χ4v) is 6.26. The van der Waals surface area contributed by atoms with Crippen molar-refractivity contribution in [2.45, 2.75) is 42.9 Å². The smallest absolute Gasteiger partial charge is 0.213 e. The highest BCUT2D eigenvalue weighted by Gasteiger charge is 2.21. The molecule has 4 rings (SSSR count). The van der Waals surface area contributed by atoms with Crippen LogP contribution in [0.3, 0.4) is 0 Å². The minimum absolute atomic E-state index is 0.0987. The lowest BCUT2D eigenvalue weighted by Crippen LogP contribution is -2.33. The molecule has 2 aromatic heterocycles. The first-order chi connectivity index (χ1) is 14.2. The fourth-order valence-electron chi connectivity index (χ4n) is 3.20. The summed E-state index contributed by atoms with van der Waals surface area (Å²) in [7, 11) is -3.45. The molecule has 3 aromatic rings. The number of fused-ring (bicyclic) bond motifs is 2. The Balaban J connectivity index is 1.71. The lowest BCUT2D eigenvalue weighted by Gasteiger charge is -2.12. The second-order valence-corrected chi connectivity index (χ2v) is 11.2. The molecule has 0 atom stereocenters. The molecule has 3 N–H and O–H groups in total. The van der Waals surface area contributed by atoms with E-state index in [1.165, 1.54) is 23.7 Å². The summed E-state index contributed by atoms with van der Waals surface area (Å²) in [6.07, 6.45) is 2.26. The summed E-state index contributed by atoms with van der Waals surface area (Å²) >= 11 is 3.72. The number of nitrogen functional groups attached to an aromatic ring is 1. The van der Waals surface area contributed by atoms with Gasteiger partial charge in [0.1, 0.15) is 12.1 Å². The van der Waals surface area contributed by atoms with E-state index >= 15 is 0 Å². The Morgan fingerprint density at radius 2 is 2.17 bits per heavy atom. The number of aromatic nitrogens is 4. The minimum Gasteiger partial charge on any atom is -0.493 e. The van der Waals surface area contributed by atoms with Gasteiger partial charge in [0.05, 0.1) is 12.4 Å². The Morgan fingerprint density at radius 1 is 1.37 bits per heavy atom. The van der Waals surface area contributed by atoms with Crippen molar-refractivity contribution in [2.24, 2.45) is 0 Å². The van der Waals surface area contributed by atoms with Crippen molar-refractivity contribution in [3.8, 4) is 5.75 Å². The van der Waals surface area contributed by atoms with E-state index in [1.807, 2.05) is 6.07 Å². The van der Waals surface area contributed by atoms with Crippen LogP contribution in [0.5, 0.6) is 5.75 Å². The predicted molar refractivity (Wildman–Crippen MR) is 124 cm³/mol. The summed E-state index contributed by atoms with van der Waals surface area (Å²) in [5.74, 6) is 1.04. The molecule has 1 aromatic carbocycles. The highest BCUT2D eigenvalue weighted by molar-refractivity contribution is 14.1. The van der Waals surface area contributed by atoms with Crippen molar-refractivity contribution in [1.29, 1.82) is 0 Å². The zero-order valence-corrected chi connectivity index (χ0v) is 20.2. The van der Waals surface area contributed by atoms with Crippen molar-refractivity contribution in [3.63, 3.8) is 0 Å². The second kappa shape index (κ2) is 8.48. The molecule has 3 heterocycles. The molecule has 160 valence electrons. The van der Waals surface area contributed by atoms with Crippen LogP contribution in [0.2, 0.25) is 0 Å². The zero-order valence-electron chi connectivity index (χ0n) is 16.4. The van der Waals surface area contributed by atoms with E-state index in [2.05, 4.69) is 48.3 Å². The molecule has 0 amide bonds. The number of hydrogen-bond donors (Lipinski definition) is 2. The van der Waals surface area contributed by atoms with Gasteiger partial charge in [-0.05, 0) is 54.1 Å². The largest absolute Gasteiger partial charge is 0.493 e. The molecule has 0 radical (unpaired) electrons. The third-order valence-corrected chi connectivity index (χ3v) is 8.33. The molecular weight excluding hydrogens is 539 g/mol. The van der Waals surface area contributed by atoms with Gasteiger partial charge >= 0.3 is 0 Å². The van der Waals surface area contributed by atoms with Crippen LogP contribution in [0.15, 0.2) is 28.5 Å². The summed E-state index contributed by atoms with van der Waals surface area (Å²) in [6.45, 7) is 4.45. The van der Waals surface area contributed by atoms with Gasteiger partial charge in [0.2, 0.25) is 10.0 Å². The number of halogens is 1. The van der Waals surface area contributed by atoms with Crippen molar-refractivity contribution in [1.82, 2.24) is 24.2 Å². The lowest BCUT2D eigenvalue weighted by molar-refractivity contribution is 0.356. The topological polar surface area (TPSA) is 125 Å². The summed E-state index contributed by atoms with van der Waals surface area (Å²) in [6, 6.07) is 3.95. The Bertz CT molecular complexity index is 1210. The molecule has 30 heavy (non-hydrogen) atoms. The van der Waals surface area contributed by atoms with Gasteiger partial charge < -0.3 is 15.0 Å². The van der Waals surface area contributed by atoms with Gasteiger partial charge in [-0.25, -0.2) is 28.1 Å². The first-order valence-corrected chi connectivity index (χ1v) is 12.9. The van der Waals surface area contributed by atoms with Gasteiger partial charge in [-0.1, -0.05) is 11.8 Å². The SMILES string of the molecule is CC(C)NS(=O)(=O)CCn1c(Sc2cc3c(cc2I)CCO3)nc2c(N)ncnc21. The van der Waals surface area contributed by atoms with Gasteiger partial charge in [-0.3, -0.25) is 0 Å². The normalized spacial score (nSPS) is 13.7. The predicted octanol–water partition coefficient (Wildman–Crippen LogP) is 2.43. The van der Waals surface area contributed by atoms with Gasteiger partial charge in [0.15, 0.2) is 22.1 Å². The number of hydrogen-bond acceptors (Lipinski definition) is 8. The number of aryl methyl sites for hydroxylation is 1. The highest BCUT2D eigenvalue weighted by atomic mass is 127. The molecule has 1 aliphatic heterocycles. The van der Waals surface area contributed by atoms with Crippen LogP contribution in [-0.2, 0) is 23.0 Å². The second-order valence-electron chi connectivity index (χ2n) is 7.16. The maximum absolute atomic E-state index is 12.4. The summed E-state index contributed by atoms with van der Waals surface area (Å²) < 4.78 is 35.9. The van der Waals surface area contributed by atoms with Crippen molar-refractivity contribution in [2.75, 3.05) is 18.1 Å². The Kier molecular flexibility index (Phi) is 6.10. The van der Waals surface area contributed by atoms with E-state index in [4.69, 9.17) is 10.5 Å². The zero-order chi connectivity index (χ0) is 21.5. The number of ether oxygens (including phenoxy) is 1. The Morgan fingerprint density at radius 3 is 2.93 bits per heavy atom. The number of rotatable bonds is 7.